The second kappa shape index (κ2) is 11.0. The molecule has 1 atom stereocenters. The Hall–Kier alpha value is -3.63. The van der Waals surface area contributed by atoms with Gasteiger partial charge in [0.1, 0.15) is 17.7 Å². The SMILES string of the molecule is COc1cc(S(=O)(=O)N2CC(CNC(C)=O)Oc3ccc(C=C(C)c4c(F)cccc4Cl)cc32)ccc1F. The lowest BCUT2D eigenvalue weighted by Crippen LogP contribution is -2.48. The van der Waals surface area contributed by atoms with Crippen molar-refractivity contribution in [2.45, 2.75) is 24.8 Å². The number of amides is 1. The van der Waals surface area contributed by atoms with Gasteiger partial charge in [-0.3, -0.25) is 9.10 Å². The summed E-state index contributed by atoms with van der Waals surface area (Å²) in [6.07, 6.45) is 0.989. The van der Waals surface area contributed by atoms with Crippen LogP contribution in [0.2, 0.25) is 5.02 Å². The van der Waals surface area contributed by atoms with Crippen LogP contribution in [0.3, 0.4) is 0 Å². The second-order valence-corrected chi connectivity index (χ2v) is 10.9. The third-order valence-electron chi connectivity index (χ3n) is 5.94. The van der Waals surface area contributed by atoms with Crippen LogP contribution in [-0.4, -0.2) is 40.6 Å². The highest BCUT2D eigenvalue weighted by atomic mass is 35.5. The summed E-state index contributed by atoms with van der Waals surface area (Å²) in [5, 5.41) is 2.88. The molecular formula is C27H25ClF2N2O5S. The summed E-state index contributed by atoms with van der Waals surface area (Å²) < 4.78 is 68.1. The zero-order valence-electron chi connectivity index (χ0n) is 20.8. The number of nitrogens with one attached hydrogen (secondary N) is 1. The lowest BCUT2D eigenvalue weighted by molar-refractivity contribution is -0.119. The van der Waals surface area contributed by atoms with Crippen LogP contribution in [0, 0.1) is 11.6 Å². The van der Waals surface area contributed by atoms with Crippen molar-refractivity contribution in [1.29, 1.82) is 0 Å². The first-order chi connectivity index (χ1) is 18.0. The van der Waals surface area contributed by atoms with E-state index in [-0.39, 0.29) is 51.7 Å². The van der Waals surface area contributed by atoms with Gasteiger partial charge >= 0.3 is 0 Å². The summed E-state index contributed by atoms with van der Waals surface area (Å²) >= 11 is 6.21. The number of carbonyl (C=O) groups excluding carboxylic acids is 1. The number of hydrogen-bond donors (Lipinski definition) is 1. The molecule has 1 heterocycles. The van der Waals surface area contributed by atoms with Gasteiger partial charge in [0, 0.05) is 18.6 Å². The zero-order chi connectivity index (χ0) is 27.6. The topological polar surface area (TPSA) is 84.9 Å². The highest BCUT2D eigenvalue weighted by molar-refractivity contribution is 7.92. The van der Waals surface area contributed by atoms with Gasteiger partial charge in [-0.25, -0.2) is 17.2 Å². The van der Waals surface area contributed by atoms with E-state index in [1.54, 1.807) is 37.3 Å². The summed E-state index contributed by atoms with van der Waals surface area (Å²) in [4.78, 5) is 11.3. The molecule has 1 aliphatic rings. The monoisotopic (exact) mass is 562 g/mol. The van der Waals surface area contributed by atoms with E-state index in [0.717, 1.165) is 22.5 Å². The van der Waals surface area contributed by atoms with Gasteiger partial charge in [0.05, 0.1) is 35.8 Å². The van der Waals surface area contributed by atoms with Gasteiger partial charge in [0.25, 0.3) is 10.0 Å². The van der Waals surface area contributed by atoms with E-state index in [2.05, 4.69) is 5.32 Å². The number of benzene rings is 3. The number of halogens is 3. The molecule has 200 valence electrons. The molecule has 1 amide bonds. The average molecular weight is 563 g/mol. The minimum atomic E-state index is -4.21. The summed E-state index contributed by atoms with van der Waals surface area (Å²) in [5.74, 6) is -1.43. The number of allylic oxidation sites excluding steroid dienone is 1. The van der Waals surface area contributed by atoms with Crippen LogP contribution < -0.4 is 19.1 Å². The molecule has 7 nitrogen and oxygen atoms in total. The van der Waals surface area contributed by atoms with Crippen molar-refractivity contribution < 1.29 is 31.5 Å². The van der Waals surface area contributed by atoms with Crippen LogP contribution in [0.5, 0.6) is 11.5 Å². The van der Waals surface area contributed by atoms with Crippen molar-refractivity contribution in [3.8, 4) is 11.5 Å². The molecule has 0 spiro atoms. The first-order valence-electron chi connectivity index (χ1n) is 11.6. The standard InChI is InChI=1S/C27H25ClF2N2O5S/c1-16(27-21(28)5-4-6-23(27)30)11-18-7-10-25-24(12-18)32(15-19(37-25)14-31-17(2)33)38(34,35)20-8-9-22(29)26(13-20)36-3/h4-13,19H,14-15H2,1-3H3,(H,31,33). The van der Waals surface area contributed by atoms with Gasteiger partial charge in [-0.15, -0.1) is 0 Å². The molecule has 0 fully saturated rings. The van der Waals surface area contributed by atoms with Gasteiger partial charge in [0.15, 0.2) is 11.6 Å². The normalized spacial score (nSPS) is 15.5. The molecule has 0 saturated heterocycles. The van der Waals surface area contributed by atoms with E-state index < -0.39 is 27.8 Å². The molecule has 0 radical (unpaired) electrons. The quantitative estimate of drug-likeness (QED) is 0.396. The van der Waals surface area contributed by atoms with Crippen molar-refractivity contribution in [2.24, 2.45) is 0 Å². The highest BCUT2D eigenvalue weighted by Gasteiger charge is 2.35. The van der Waals surface area contributed by atoms with Gasteiger partial charge in [-0.05, 0) is 54.5 Å². The van der Waals surface area contributed by atoms with E-state index in [1.165, 1.54) is 26.2 Å². The van der Waals surface area contributed by atoms with E-state index in [0.29, 0.717) is 11.1 Å². The van der Waals surface area contributed by atoms with Gasteiger partial charge in [0.2, 0.25) is 5.91 Å². The number of ether oxygens (including phenoxy) is 2. The number of fused-ring (bicyclic) bond motifs is 1. The van der Waals surface area contributed by atoms with Crippen LogP contribution in [-0.2, 0) is 14.8 Å². The predicted molar refractivity (Wildman–Crippen MR) is 142 cm³/mol. The lowest BCUT2D eigenvalue weighted by atomic mass is 10.0. The minimum Gasteiger partial charge on any atom is -0.494 e. The van der Waals surface area contributed by atoms with Gasteiger partial charge < -0.3 is 14.8 Å². The largest absolute Gasteiger partial charge is 0.494 e. The fourth-order valence-corrected chi connectivity index (χ4v) is 5.96. The van der Waals surface area contributed by atoms with E-state index >= 15 is 0 Å². The molecule has 4 rings (SSSR count). The van der Waals surface area contributed by atoms with Crippen molar-refractivity contribution in [3.63, 3.8) is 0 Å². The number of methoxy groups -OCH3 is 1. The lowest BCUT2D eigenvalue weighted by Gasteiger charge is -2.35. The van der Waals surface area contributed by atoms with Gasteiger partial charge in [-0.2, -0.15) is 0 Å². The fraction of sp³-hybridized carbons (Fsp3) is 0.222. The molecule has 0 aliphatic carbocycles. The van der Waals surface area contributed by atoms with E-state index in [9.17, 15) is 22.0 Å². The molecule has 0 aromatic heterocycles. The number of rotatable bonds is 7. The third-order valence-corrected chi connectivity index (χ3v) is 8.03. The molecule has 0 bridgehead atoms. The minimum absolute atomic E-state index is 0.0695. The molecule has 1 aliphatic heterocycles. The first-order valence-corrected chi connectivity index (χ1v) is 13.4. The van der Waals surface area contributed by atoms with Crippen LogP contribution in [0.4, 0.5) is 14.5 Å². The Morgan fingerprint density at radius 3 is 2.61 bits per heavy atom. The fourth-order valence-electron chi connectivity index (χ4n) is 4.13. The van der Waals surface area contributed by atoms with Crippen LogP contribution in [0.25, 0.3) is 11.6 Å². The Morgan fingerprint density at radius 2 is 1.92 bits per heavy atom. The maximum Gasteiger partial charge on any atom is 0.264 e. The second-order valence-electron chi connectivity index (χ2n) is 8.66. The van der Waals surface area contributed by atoms with Crippen LogP contribution >= 0.6 is 11.6 Å². The summed E-state index contributed by atoms with van der Waals surface area (Å²) in [5.41, 5.74) is 1.57. The Morgan fingerprint density at radius 1 is 1.16 bits per heavy atom. The van der Waals surface area contributed by atoms with E-state index in [1.807, 2.05) is 0 Å². The zero-order valence-corrected chi connectivity index (χ0v) is 22.4. The molecule has 0 saturated carbocycles. The number of carbonyl (C=O) groups is 1. The molecule has 1 unspecified atom stereocenters. The maximum atomic E-state index is 14.4. The predicted octanol–water partition coefficient (Wildman–Crippen LogP) is 5.28. The Balaban J connectivity index is 1.80. The molecule has 3 aromatic carbocycles. The molecule has 3 aromatic rings. The third kappa shape index (κ3) is 5.61. The summed E-state index contributed by atoms with van der Waals surface area (Å²) in [6, 6.07) is 12.6. The van der Waals surface area contributed by atoms with Crippen molar-refractivity contribution >= 4 is 44.9 Å². The number of anilines is 1. The Kier molecular flexibility index (Phi) is 7.94. The van der Waals surface area contributed by atoms with Crippen molar-refractivity contribution in [2.75, 3.05) is 24.5 Å². The molecule has 1 N–H and O–H groups in total. The van der Waals surface area contributed by atoms with Crippen molar-refractivity contribution in [1.82, 2.24) is 5.32 Å². The summed E-state index contributed by atoms with van der Waals surface area (Å²) in [7, 11) is -2.97. The average Bonchev–Trinajstić information content (AvgIpc) is 2.87. The van der Waals surface area contributed by atoms with Crippen LogP contribution in [0.1, 0.15) is 25.0 Å². The Labute approximate surface area is 224 Å². The number of sulfonamides is 1. The first kappa shape index (κ1) is 27.4. The maximum absolute atomic E-state index is 14.4. The summed E-state index contributed by atoms with van der Waals surface area (Å²) in [6.45, 7) is 2.99. The molecule has 11 heteroatoms. The smallest absolute Gasteiger partial charge is 0.264 e. The van der Waals surface area contributed by atoms with E-state index in [4.69, 9.17) is 21.1 Å². The number of hydrogen-bond acceptors (Lipinski definition) is 5. The van der Waals surface area contributed by atoms with Gasteiger partial charge in [-0.1, -0.05) is 29.8 Å². The van der Waals surface area contributed by atoms with Crippen LogP contribution in [0.15, 0.2) is 59.5 Å². The Bertz CT molecular complexity index is 1510. The van der Waals surface area contributed by atoms with Crippen molar-refractivity contribution in [3.05, 3.63) is 82.4 Å². The molecule has 38 heavy (non-hydrogen) atoms. The number of nitrogens with zero attached hydrogens (tertiary/aromatic N) is 1. The highest BCUT2D eigenvalue weighted by Crippen LogP contribution is 2.39. The molecular weight excluding hydrogens is 538 g/mol.